The Morgan fingerprint density at radius 2 is 2.00 bits per heavy atom. The van der Waals surface area contributed by atoms with Crippen LogP contribution in [0.25, 0.3) is 0 Å². The second kappa shape index (κ2) is 5.14. The van der Waals surface area contributed by atoms with Gasteiger partial charge in [-0.05, 0) is 24.1 Å². The van der Waals surface area contributed by atoms with Gasteiger partial charge < -0.3 is 5.73 Å². The van der Waals surface area contributed by atoms with Crippen molar-refractivity contribution in [3.63, 3.8) is 0 Å². The fourth-order valence-electron chi connectivity index (χ4n) is 1.27. The third-order valence-electron chi connectivity index (χ3n) is 1.91. The second-order valence-electron chi connectivity index (χ2n) is 3.18. The molecular weight excluding hydrogens is 212 g/mol. The van der Waals surface area contributed by atoms with Crippen LogP contribution >= 0.6 is 0 Å². The average molecular weight is 230 g/mol. The highest BCUT2D eigenvalue weighted by Gasteiger charge is 2.07. The van der Waals surface area contributed by atoms with Gasteiger partial charge in [-0.2, -0.15) is 0 Å². The first-order chi connectivity index (χ1) is 6.44. The molecule has 0 amide bonds. The molecule has 0 radical (unpaired) electrons. The topological polar surface area (TPSA) is 72.2 Å². The molecular formula is C10H18N2O2S. The maximum atomic E-state index is 11.0. The molecule has 0 bridgehead atoms. The lowest BCUT2D eigenvalue weighted by atomic mass is 10.1. The van der Waals surface area contributed by atoms with E-state index in [0.717, 1.165) is 17.4 Å². The average Bonchev–Trinajstić information content (AvgIpc) is 2.01. The van der Waals surface area contributed by atoms with E-state index in [0.29, 0.717) is 12.2 Å². The van der Waals surface area contributed by atoms with Gasteiger partial charge in [-0.15, -0.1) is 0 Å². The van der Waals surface area contributed by atoms with Crippen LogP contribution in [0, 0.1) is 6.92 Å². The standard InChI is InChI=1S/C9H14N2O2S.CH4/c1-7-4-3-5-9(8(7)6-10)11-14(2,12)13;/h3-5,11H,6,10H2,1-2H3;1H4. The van der Waals surface area contributed by atoms with Gasteiger partial charge in [-0.25, -0.2) is 8.42 Å². The minimum absolute atomic E-state index is 0. The molecule has 0 fully saturated rings. The van der Waals surface area contributed by atoms with Crippen LogP contribution in [0.15, 0.2) is 18.2 Å². The van der Waals surface area contributed by atoms with E-state index in [4.69, 9.17) is 5.73 Å². The molecule has 0 aliphatic heterocycles. The van der Waals surface area contributed by atoms with Gasteiger partial charge in [0.1, 0.15) is 0 Å². The lowest BCUT2D eigenvalue weighted by Crippen LogP contribution is -2.13. The van der Waals surface area contributed by atoms with Crippen LogP contribution in [0.1, 0.15) is 18.6 Å². The molecule has 1 rings (SSSR count). The van der Waals surface area contributed by atoms with E-state index in [9.17, 15) is 8.42 Å². The Balaban J connectivity index is 0.00000196. The SMILES string of the molecule is C.Cc1cccc(NS(C)(=O)=O)c1CN. The van der Waals surface area contributed by atoms with Crippen LogP contribution in [0.5, 0.6) is 0 Å². The third kappa shape index (κ3) is 3.89. The molecule has 0 saturated carbocycles. The molecule has 0 unspecified atom stereocenters. The summed E-state index contributed by atoms with van der Waals surface area (Å²) in [6, 6.07) is 5.40. The van der Waals surface area contributed by atoms with Gasteiger partial charge in [0.15, 0.2) is 0 Å². The summed E-state index contributed by atoms with van der Waals surface area (Å²) >= 11 is 0. The van der Waals surface area contributed by atoms with Crippen LogP contribution in [-0.4, -0.2) is 14.7 Å². The van der Waals surface area contributed by atoms with E-state index >= 15 is 0 Å². The van der Waals surface area contributed by atoms with E-state index in [2.05, 4.69) is 4.72 Å². The van der Waals surface area contributed by atoms with Crippen LogP contribution in [0.3, 0.4) is 0 Å². The van der Waals surface area contributed by atoms with Crippen molar-refractivity contribution in [2.75, 3.05) is 11.0 Å². The molecule has 5 heteroatoms. The maximum Gasteiger partial charge on any atom is 0.229 e. The number of anilines is 1. The Morgan fingerprint density at radius 3 is 2.47 bits per heavy atom. The monoisotopic (exact) mass is 230 g/mol. The Morgan fingerprint density at radius 1 is 1.40 bits per heavy atom. The minimum Gasteiger partial charge on any atom is -0.326 e. The summed E-state index contributed by atoms with van der Waals surface area (Å²) in [6.45, 7) is 2.22. The summed E-state index contributed by atoms with van der Waals surface area (Å²) in [5.74, 6) is 0. The maximum absolute atomic E-state index is 11.0. The highest BCUT2D eigenvalue weighted by Crippen LogP contribution is 2.19. The molecule has 0 aliphatic rings. The molecule has 0 aliphatic carbocycles. The number of aryl methyl sites for hydroxylation is 1. The smallest absolute Gasteiger partial charge is 0.229 e. The molecule has 0 atom stereocenters. The van der Waals surface area contributed by atoms with Crippen LogP contribution in [0.4, 0.5) is 5.69 Å². The lowest BCUT2D eigenvalue weighted by Gasteiger charge is -2.11. The van der Waals surface area contributed by atoms with Crippen molar-refractivity contribution in [2.24, 2.45) is 5.73 Å². The van der Waals surface area contributed by atoms with Gasteiger partial charge in [0.2, 0.25) is 10.0 Å². The summed E-state index contributed by atoms with van der Waals surface area (Å²) in [7, 11) is -3.23. The largest absolute Gasteiger partial charge is 0.326 e. The number of nitrogens with one attached hydrogen (secondary N) is 1. The Bertz CT molecular complexity index is 427. The first-order valence-corrected chi connectivity index (χ1v) is 6.09. The summed E-state index contributed by atoms with van der Waals surface area (Å²) in [6.07, 6.45) is 1.12. The number of nitrogens with two attached hydrogens (primary N) is 1. The molecule has 0 aromatic heterocycles. The number of hydrogen-bond donors (Lipinski definition) is 2. The molecule has 1 aromatic carbocycles. The van der Waals surface area contributed by atoms with Gasteiger partial charge in [-0.1, -0.05) is 19.6 Å². The highest BCUT2D eigenvalue weighted by atomic mass is 32.2. The Kier molecular flexibility index (Phi) is 4.77. The normalized spacial score (nSPS) is 10.6. The molecule has 3 N–H and O–H groups in total. The summed E-state index contributed by atoms with van der Waals surface area (Å²) in [5.41, 5.74) is 7.92. The van der Waals surface area contributed by atoms with Gasteiger partial charge in [0.05, 0.1) is 11.9 Å². The molecule has 0 saturated heterocycles. The quantitative estimate of drug-likeness (QED) is 0.825. The van der Waals surface area contributed by atoms with Crippen molar-refractivity contribution < 1.29 is 8.42 Å². The van der Waals surface area contributed by atoms with Gasteiger partial charge in [0.25, 0.3) is 0 Å². The number of hydrogen-bond acceptors (Lipinski definition) is 3. The fraction of sp³-hybridized carbons (Fsp3) is 0.400. The second-order valence-corrected chi connectivity index (χ2v) is 4.93. The van der Waals surface area contributed by atoms with Crippen molar-refractivity contribution in [3.05, 3.63) is 29.3 Å². The predicted octanol–water partition coefficient (Wildman–Crippen LogP) is 1.46. The summed E-state index contributed by atoms with van der Waals surface area (Å²) in [5, 5.41) is 0. The predicted molar refractivity (Wildman–Crippen MR) is 64.3 cm³/mol. The van der Waals surface area contributed by atoms with E-state index in [1.54, 1.807) is 12.1 Å². The van der Waals surface area contributed by atoms with E-state index in [1.165, 1.54) is 0 Å². The van der Waals surface area contributed by atoms with Crippen LogP contribution < -0.4 is 10.5 Å². The molecule has 86 valence electrons. The zero-order chi connectivity index (χ0) is 10.8. The van der Waals surface area contributed by atoms with E-state index in [1.807, 2.05) is 13.0 Å². The van der Waals surface area contributed by atoms with Crippen LogP contribution in [-0.2, 0) is 16.6 Å². The van der Waals surface area contributed by atoms with E-state index < -0.39 is 10.0 Å². The third-order valence-corrected chi connectivity index (χ3v) is 2.50. The van der Waals surface area contributed by atoms with E-state index in [-0.39, 0.29) is 7.43 Å². The zero-order valence-electron chi connectivity index (χ0n) is 8.24. The van der Waals surface area contributed by atoms with Crippen molar-refractivity contribution in [2.45, 2.75) is 20.9 Å². The summed E-state index contributed by atoms with van der Waals surface area (Å²) in [4.78, 5) is 0. The van der Waals surface area contributed by atoms with Crippen molar-refractivity contribution >= 4 is 15.7 Å². The first kappa shape index (κ1) is 13.9. The number of benzene rings is 1. The van der Waals surface area contributed by atoms with Gasteiger partial charge in [0, 0.05) is 6.54 Å². The van der Waals surface area contributed by atoms with Crippen molar-refractivity contribution in [1.82, 2.24) is 0 Å². The molecule has 0 spiro atoms. The molecule has 1 aromatic rings. The summed E-state index contributed by atoms with van der Waals surface area (Å²) < 4.78 is 24.5. The molecule has 4 nitrogen and oxygen atoms in total. The minimum atomic E-state index is -3.23. The number of sulfonamides is 1. The van der Waals surface area contributed by atoms with Gasteiger partial charge >= 0.3 is 0 Å². The Labute approximate surface area is 91.5 Å². The molecule has 0 heterocycles. The molecule has 15 heavy (non-hydrogen) atoms. The zero-order valence-corrected chi connectivity index (χ0v) is 9.06. The van der Waals surface area contributed by atoms with Crippen molar-refractivity contribution in [1.29, 1.82) is 0 Å². The highest BCUT2D eigenvalue weighted by molar-refractivity contribution is 7.92. The van der Waals surface area contributed by atoms with Crippen LogP contribution in [0.2, 0.25) is 0 Å². The fourth-order valence-corrected chi connectivity index (χ4v) is 1.86. The number of rotatable bonds is 3. The van der Waals surface area contributed by atoms with Crippen molar-refractivity contribution in [3.8, 4) is 0 Å². The first-order valence-electron chi connectivity index (χ1n) is 4.20. The Hall–Kier alpha value is -1.07. The van der Waals surface area contributed by atoms with Gasteiger partial charge in [-0.3, -0.25) is 4.72 Å². The lowest BCUT2D eigenvalue weighted by molar-refractivity contribution is 0.606.